The van der Waals surface area contributed by atoms with Crippen LogP contribution < -0.4 is 16.0 Å². The summed E-state index contributed by atoms with van der Waals surface area (Å²) in [6.07, 6.45) is 4.27. The fourth-order valence-electron chi connectivity index (χ4n) is 2.08. The van der Waals surface area contributed by atoms with Crippen LogP contribution in [0, 0.1) is 5.82 Å². The van der Waals surface area contributed by atoms with Gasteiger partial charge in [0.2, 0.25) is 5.82 Å². The van der Waals surface area contributed by atoms with E-state index in [1.165, 1.54) is 0 Å². The van der Waals surface area contributed by atoms with E-state index in [4.69, 9.17) is 4.74 Å². The lowest BCUT2D eigenvalue weighted by atomic mass is 10.2. The summed E-state index contributed by atoms with van der Waals surface area (Å²) < 4.78 is 20.1. The van der Waals surface area contributed by atoms with Crippen LogP contribution in [-0.2, 0) is 0 Å². The lowest BCUT2D eigenvalue weighted by molar-refractivity contribution is 0.129. The van der Waals surface area contributed by atoms with Crippen molar-refractivity contribution in [2.24, 2.45) is 0 Å². The van der Waals surface area contributed by atoms with Gasteiger partial charge in [-0.3, -0.25) is 14.3 Å². The average Bonchev–Trinajstić information content (AvgIpc) is 2.65. The highest BCUT2D eigenvalue weighted by molar-refractivity contribution is 5.57. The number of ether oxygens (including phenoxy) is 1. The number of para-hydroxylation sites is 1. The highest BCUT2D eigenvalue weighted by atomic mass is 19.1. The van der Waals surface area contributed by atoms with Crippen molar-refractivity contribution >= 4 is 6.08 Å². The first-order valence-electron chi connectivity index (χ1n) is 6.08. The number of fused-ring (bicyclic) bond motifs is 1. The molecule has 1 aromatic heterocycles. The summed E-state index contributed by atoms with van der Waals surface area (Å²) in [6, 6.07) is 7.33. The second kappa shape index (κ2) is 4.80. The van der Waals surface area contributed by atoms with Crippen LogP contribution in [-0.4, -0.2) is 9.55 Å². The molecule has 3 rings (SSSR count). The molecule has 6 heteroatoms. The van der Waals surface area contributed by atoms with E-state index in [0.717, 1.165) is 16.3 Å². The van der Waals surface area contributed by atoms with Crippen LogP contribution in [0.4, 0.5) is 4.39 Å². The van der Waals surface area contributed by atoms with Gasteiger partial charge in [0.05, 0.1) is 6.20 Å². The summed E-state index contributed by atoms with van der Waals surface area (Å²) in [5.74, 6) is -0.417. The van der Waals surface area contributed by atoms with E-state index in [2.05, 4.69) is 0 Å². The van der Waals surface area contributed by atoms with Crippen LogP contribution in [0.25, 0.3) is 6.08 Å². The fourth-order valence-corrected chi connectivity index (χ4v) is 2.08. The molecule has 0 bridgehead atoms. The third-order valence-electron chi connectivity index (χ3n) is 3.05. The first kappa shape index (κ1) is 12.4. The molecule has 0 spiro atoms. The Labute approximate surface area is 113 Å². The minimum atomic E-state index is -1.03. The largest absolute Gasteiger partial charge is 0.469 e. The molecule has 0 unspecified atom stereocenters. The molecule has 2 heterocycles. The molecule has 0 amide bonds. The van der Waals surface area contributed by atoms with Gasteiger partial charge in [0, 0.05) is 12.0 Å². The zero-order chi connectivity index (χ0) is 14.1. The van der Waals surface area contributed by atoms with Crippen LogP contribution in [0.5, 0.6) is 5.75 Å². The molecule has 1 atom stereocenters. The summed E-state index contributed by atoms with van der Waals surface area (Å²) in [5, 5.41) is 0. The molecule has 2 aromatic rings. The number of H-pyrrole nitrogens is 1. The average molecular weight is 274 g/mol. The van der Waals surface area contributed by atoms with Crippen LogP contribution in [0.3, 0.4) is 0 Å². The topological polar surface area (TPSA) is 64.1 Å². The molecule has 0 radical (unpaired) electrons. The highest BCUT2D eigenvalue weighted by Gasteiger charge is 2.18. The Bertz CT molecular complexity index is 791. The van der Waals surface area contributed by atoms with E-state index in [-0.39, 0.29) is 0 Å². The highest BCUT2D eigenvalue weighted by Crippen LogP contribution is 2.28. The van der Waals surface area contributed by atoms with E-state index in [0.29, 0.717) is 12.2 Å². The molecule has 0 saturated heterocycles. The Morgan fingerprint density at radius 3 is 2.95 bits per heavy atom. The van der Waals surface area contributed by atoms with Gasteiger partial charge in [0.25, 0.3) is 5.56 Å². The van der Waals surface area contributed by atoms with E-state index in [1.54, 1.807) is 6.07 Å². The summed E-state index contributed by atoms with van der Waals surface area (Å²) in [7, 11) is 0. The second-order valence-corrected chi connectivity index (χ2v) is 4.39. The van der Waals surface area contributed by atoms with Crippen molar-refractivity contribution < 1.29 is 9.13 Å². The predicted molar refractivity (Wildman–Crippen MR) is 71.0 cm³/mol. The minimum absolute atomic E-state index is 0.389. The van der Waals surface area contributed by atoms with Crippen molar-refractivity contribution in [3.63, 3.8) is 0 Å². The number of hydrogen-bond donors (Lipinski definition) is 1. The quantitative estimate of drug-likeness (QED) is 0.860. The van der Waals surface area contributed by atoms with E-state index < -0.39 is 23.3 Å². The maximum Gasteiger partial charge on any atom is 0.331 e. The SMILES string of the molecule is O=c1[nH]c(=O)n([C@H]2CC=Cc3ccccc3O2)cc1F. The van der Waals surface area contributed by atoms with Crippen LogP contribution >= 0.6 is 0 Å². The summed E-state index contributed by atoms with van der Waals surface area (Å²) in [5.41, 5.74) is -0.849. The van der Waals surface area contributed by atoms with Gasteiger partial charge in [-0.2, -0.15) is 4.39 Å². The zero-order valence-electron chi connectivity index (χ0n) is 10.4. The molecule has 0 fully saturated rings. The van der Waals surface area contributed by atoms with Gasteiger partial charge in [-0.15, -0.1) is 0 Å². The Balaban J connectivity index is 2.05. The number of hydrogen-bond acceptors (Lipinski definition) is 3. The van der Waals surface area contributed by atoms with Gasteiger partial charge in [-0.05, 0) is 6.07 Å². The molecule has 20 heavy (non-hydrogen) atoms. The van der Waals surface area contributed by atoms with Crippen molar-refractivity contribution in [1.82, 2.24) is 9.55 Å². The Hall–Kier alpha value is -2.63. The fraction of sp³-hybridized carbons (Fsp3) is 0.143. The normalized spacial score (nSPS) is 17.1. The van der Waals surface area contributed by atoms with Crippen molar-refractivity contribution in [3.05, 3.63) is 68.8 Å². The first-order chi connectivity index (χ1) is 9.65. The molecule has 102 valence electrons. The second-order valence-electron chi connectivity index (χ2n) is 4.39. The van der Waals surface area contributed by atoms with Crippen molar-refractivity contribution in [2.75, 3.05) is 0 Å². The summed E-state index contributed by atoms with van der Waals surface area (Å²) in [4.78, 5) is 24.7. The molecule has 0 saturated carbocycles. The molecule has 1 aliphatic heterocycles. The Kier molecular flexibility index (Phi) is 2.98. The lowest BCUT2D eigenvalue weighted by Crippen LogP contribution is -2.35. The van der Waals surface area contributed by atoms with Crippen LogP contribution in [0.1, 0.15) is 18.2 Å². The number of benzene rings is 1. The van der Waals surface area contributed by atoms with Crippen molar-refractivity contribution in [2.45, 2.75) is 12.6 Å². The van der Waals surface area contributed by atoms with E-state index >= 15 is 0 Å². The Morgan fingerprint density at radius 2 is 2.10 bits per heavy atom. The summed E-state index contributed by atoms with van der Waals surface area (Å²) in [6.45, 7) is 0. The van der Waals surface area contributed by atoms with Gasteiger partial charge in [-0.1, -0.05) is 30.4 Å². The molecule has 0 aliphatic carbocycles. The minimum Gasteiger partial charge on any atom is -0.469 e. The number of aromatic amines is 1. The monoisotopic (exact) mass is 274 g/mol. The molecular formula is C14H11FN2O3. The third kappa shape index (κ3) is 2.16. The smallest absolute Gasteiger partial charge is 0.331 e. The van der Waals surface area contributed by atoms with Gasteiger partial charge in [0.1, 0.15) is 5.75 Å². The zero-order valence-corrected chi connectivity index (χ0v) is 10.4. The van der Waals surface area contributed by atoms with Gasteiger partial charge >= 0.3 is 5.69 Å². The van der Waals surface area contributed by atoms with Gasteiger partial charge in [0.15, 0.2) is 6.23 Å². The van der Waals surface area contributed by atoms with Gasteiger partial charge in [-0.25, -0.2) is 4.79 Å². The number of halogens is 1. The molecule has 1 N–H and O–H groups in total. The van der Waals surface area contributed by atoms with Crippen LogP contribution in [0.15, 0.2) is 46.1 Å². The van der Waals surface area contributed by atoms with E-state index in [1.807, 2.05) is 35.3 Å². The van der Waals surface area contributed by atoms with Crippen molar-refractivity contribution in [3.8, 4) is 5.75 Å². The third-order valence-corrected chi connectivity index (χ3v) is 3.05. The maximum absolute atomic E-state index is 13.3. The summed E-state index contributed by atoms with van der Waals surface area (Å²) >= 11 is 0. The molecule has 1 aromatic carbocycles. The molecule has 1 aliphatic rings. The Morgan fingerprint density at radius 1 is 1.30 bits per heavy atom. The predicted octanol–water partition coefficient (Wildman–Crippen LogP) is 1.67. The molecular weight excluding hydrogens is 263 g/mol. The van der Waals surface area contributed by atoms with Gasteiger partial charge < -0.3 is 4.74 Å². The number of aromatic nitrogens is 2. The first-order valence-corrected chi connectivity index (χ1v) is 6.08. The standard InChI is InChI=1S/C14H11FN2O3/c15-10-8-17(14(19)16-13(10)18)12-7-3-5-9-4-1-2-6-11(9)20-12/h1-6,8,12H,7H2,(H,16,18,19)/t12-/m1/s1. The maximum atomic E-state index is 13.3. The number of rotatable bonds is 1. The van der Waals surface area contributed by atoms with Crippen molar-refractivity contribution in [1.29, 1.82) is 0 Å². The number of nitrogens with zero attached hydrogens (tertiary/aromatic N) is 1. The lowest BCUT2D eigenvalue weighted by Gasteiger charge is -2.19. The molecule has 5 nitrogen and oxygen atoms in total. The number of nitrogens with one attached hydrogen (secondary N) is 1. The van der Waals surface area contributed by atoms with Crippen LogP contribution in [0.2, 0.25) is 0 Å². The van der Waals surface area contributed by atoms with E-state index in [9.17, 15) is 14.0 Å².